The summed E-state index contributed by atoms with van der Waals surface area (Å²) in [7, 11) is -8.04. The minimum atomic E-state index is -4.09. The first-order valence-electron chi connectivity index (χ1n) is 9.04. The molecular formula is C18H21ClN4O4S2. The number of para-hydroxylation sites is 1. The second-order valence-corrected chi connectivity index (χ2v) is 11.7. The van der Waals surface area contributed by atoms with Gasteiger partial charge >= 0.3 is 0 Å². The van der Waals surface area contributed by atoms with Crippen LogP contribution >= 0.6 is 11.6 Å². The predicted molar refractivity (Wildman–Crippen MR) is 114 cm³/mol. The molecule has 0 amide bonds. The van der Waals surface area contributed by atoms with Crippen molar-refractivity contribution in [1.29, 1.82) is 0 Å². The van der Waals surface area contributed by atoms with Gasteiger partial charge < -0.3 is 10.3 Å². The zero-order valence-corrected chi connectivity index (χ0v) is 17.8. The van der Waals surface area contributed by atoms with Crippen molar-refractivity contribution in [2.75, 3.05) is 26.2 Å². The number of aromatic amines is 1. The van der Waals surface area contributed by atoms with Gasteiger partial charge in [0.2, 0.25) is 20.0 Å². The summed E-state index contributed by atoms with van der Waals surface area (Å²) in [5.41, 5.74) is 1.52. The highest BCUT2D eigenvalue weighted by atomic mass is 35.5. The molecule has 2 aromatic rings. The lowest BCUT2D eigenvalue weighted by molar-refractivity contribution is 0.355. The summed E-state index contributed by atoms with van der Waals surface area (Å²) in [5, 5.41) is 9.41. The Balaban J connectivity index is 1.86. The van der Waals surface area contributed by atoms with Gasteiger partial charge in [-0.1, -0.05) is 29.8 Å². The summed E-state index contributed by atoms with van der Waals surface area (Å²) in [6.45, 7) is 1.67. The van der Waals surface area contributed by atoms with Crippen molar-refractivity contribution in [1.82, 2.24) is 14.6 Å². The lowest BCUT2D eigenvalue weighted by atomic mass is 9.95. The number of primary sulfonamides is 1. The molecule has 0 radical (unpaired) electrons. The first-order valence-corrected chi connectivity index (χ1v) is 12.4. The normalized spacial score (nSPS) is 24.3. The molecule has 1 fully saturated rings. The van der Waals surface area contributed by atoms with Crippen molar-refractivity contribution >= 4 is 48.1 Å². The van der Waals surface area contributed by atoms with E-state index in [4.69, 9.17) is 16.7 Å². The Kier molecular flexibility index (Phi) is 5.12. The van der Waals surface area contributed by atoms with Crippen molar-refractivity contribution in [3.63, 3.8) is 0 Å². The van der Waals surface area contributed by atoms with Crippen LogP contribution in [-0.4, -0.2) is 56.5 Å². The van der Waals surface area contributed by atoms with Gasteiger partial charge in [-0.05, 0) is 29.2 Å². The van der Waals surface area contributed by atoms with Gasteiger partial charge in [0, 0.05) is 44.4 Å². The van der Waals surface area contributed by atoms with Crippen LogP contribution in [0.15, 0.2) is 47.5 Å². The third-order valence-corrected chi connectivity index (χ3v) is 9.29. The SMILES string of the molecule is NS(=O)(=O)C1=C(c2cccc3cc[nH]c23)CC(Cl)(S(=O)(=O)N2CCNCC2)C=C1. The summed E-state index contributed by atoms with van der Waals surface area (Å²) in [6.07, 6.45) is 3.95. The van der Waals surface area contributed by atoms with Gasteiger partial charge in [-0.3, -0.25) is 0 Å². The van der Waals surface area contributed by atoms with Gasteiger partial charge in [0.05, 0.1) is 10.4 Å². The molecule has 11 heteroatoms. The molecular weight excluding hydrogens is 436 g/mol. The maximum absolute atomic E-state index is 13.3. The number of H-pyrrole nitrogens is 1. The quantitative estimate of drug-likeness (QED) is 0.598. The van der Waals surface area contributed by atoms with Crippen LogP contribution in [-0.2, 0) is 20.0 Å². The molecule has 1 saturated heterocycles. The Morgan fingerprint density at radius 2 is 1.83 bits per heavy atom. The third kappa shape index (κ3) is 3.54. The monoisotopic (exact) mass is 456 g/mol. The highest BCUT2D eigenvalue weighted by Crippen LogP contribution is 2.44. The molecule has 0 spiro atoms. The summed E-state index contributed by atoms with van der Waals surface area (Å²) in [6, 6.07) is 7.22. The highest BCUT2D eigenvalue weighted by molar-refractivity contribution is 7.93. The molecule has 4 N–H and O–H groups in total. The van der Waals surface area contributed by atoms with E-state index >= 15 is 0 Å². The van der Waals surface area contributed by atoms with Crippen LogP contribution in [0.2, 0.25) is 0 Å². The number of sulfonamides is 2. The Labute approximate surface area is 174 Å². The lowest BCUT2D eigenvalue weighted by Gasteiger charge is -2.36. The number of benzene rings is 1. The Hall–Kier alpha value is -1.69. The molecule has 1 unspecified atom stereocenters. The molecule has 29 heavy (non-hydrogen) atoms. The standard InChI is InChI=1S/C18H21ClN4O4S2/c19-18(29(26,27)23-10-8-21-9-11-23)6-4-16(28(20,24)25)15(12-18)14-3-1-2-13-5-7-22-17(13)14/h1-7,21-22H,8-12H2,(H2,20,24,25). The highest BCUT2D eigenvalue weighted by Gasteiger charge is 2.47. The molecule has 156 valence electrons. The molecule has 1 aromatic carbocycles. The molecule has 2 aliphatic rings. The van der Waals surface area contributed by atoms with Gasteiger partial charge in [0.15, 0.2) is 4.21 Å². The summed E-state index contributed by atoms with van der Waals surface area (Å²) in [4.78, 5) is 2.95. The van der Waals surface area contributed by atoms with Crippen molar-refractivity contribution in [3.05, 3.63) is 53.1 Å². The van der Waals surface area contributed by atoms with E-state index in [9.17, 15) is 16.8 Å². The van der Waals surface area contributed by atoms with E-state index in [2.05, 4.69) is 10.3 Å². The average Bonchev–Trinajstić information content (AvgIpc) is 3.16. The Morgan fingerprint density at radius 3 is 2.52 bits per heavy atom. The van der Waals surface area contributed by atoms with E-state index in [0.717, 1.165) is 5.39 Å². The topological polar surface area (TPSA) is 125 Å². The second kappa shape index (κ2) is 7.22. The molecule has 8 nitrogen and oxygen atoms in total. The van der Waals surface area contributed by atoms with Crippen molar-refractivity contribution in [3.8, 4) is 0 Å². The lowest BCUT2D eigenvalue weighted by Crippen LogP contribution is -2.52. The number of hydrogen-bond acceptors (Lipinski definition) is 5. The number of fused-ring (bicyclic) bond motifs is 1. The number of halogens is 1. The van der Waals surface area contributed by atoms with Crippen LogP contribution in [0.25, 0.3) is 16.5 Å². The fraction of sp³-hybridized carbons (Fsp3) is 0.333. The van der Waals surface area contributed by atoms with Crippen LogP contribution in [0.5, 0.6) is 0 Å². The van der Waals surface area contributed by atoms with Gasteiger partial charge in [0.1, 0.15) is 0 Å². The zero-order valence-electron chi connectivity index (χ0n) is 15.4. The number of hydrogen-bond donors (Lipinski definition) is 3. The van der Waals surface area contributed by atoms with Crippen molar-refractivity contribution in [2.24, 2.45) is 5.14 Å². The number of alkyl halides is 1. The molecule has 1 atom stereocenters. The van der Waals surface area contributed by atoms with E-state index in [1.165, 1.54) is 16.5 Å². The maximum Gasteiger partial charge on any atom is 0.238 e. The average molecular weight is 457 g/mol. The Bertz CT molecular complexity index is 1230. The largest absolute Gasteiger partial charge is 0.361 e. The van der Waals surface area contributed by atoms with Crippen LogP contribution in [0.4, 0.5) is 0 Å². The molecule has 1 aliphatic heterocycles. The number of rotatable bonds is 4. The number of aromatic nitrogens is 1. The molecule has 2 heterocycles. The first-order chi connectivity index (χ1) is 13.6. The van der Waals surface area contributed by atoms with E-state index in [-0.39, 0.29) is 16.9 Å². The van der Waals surface area contributed by atoms with E-state index in [1.54, 1.807) is 18.3 Å². The van der Waals surface area contributed by atoms with Crippen LogP contribution in [0.3, 0.4) is 0 Å². The minimum absolute atomic E-state index is 0.133. The van der Waals surface area contributed by atoms with Crippen molar-refractivity contribution < 1.29 is 16.8 Å². The van der Waals surface area contributed by atoms with Crippen LogP contribution in [0.1, 0.15) is 12.0 Å². The summed E-state index contributed by atoms with van der Waals surface area (Å²) in [5.74, 6) is 0. The number of nitrogens with two attached hydrogens (primary N) is 1. The van der Waals surface area contributed by atoms with E-state index < -0.39 is 24.3 Å². The van der Waals surface area contributed by atoms with Gasteiger partial charge in [-0.2, -0.15) is 4.31 Å². The second-order valence-electron chi connectivity index (χ2n) is 7.09. The molecule has 4 rings (SSSR count). The first kappa shape index (κ1) is 20.6. The predicted octanol–water partition coefficient (Wildman–Crippen LogP) is 1.30. The molecule has 1 aliphatic carbocycles. The minimum Gasteiger partial charge on any atom is -0.361 e. The maximum atomic E-state index is 13.3. The fourth-order valence-corrected chi connectivity index (χ4v) is 6.73. The number of allylic oxidation sites excluding steroid dienone is 2. The smallest absolute Gasteiger partial charge is 0.238 e. The van der Waals surface area contributed by atoms with Gasteiger partial charge in [-0.25, -0.2) is 22.0 Å². The van der Waals surface area contributed by atoms with Gasteiger partial charge in [0.25, 0.3) is 0 Å². The summed E-state index contributed by atoms with van der Waals surface area (Å²) < 4.78 is 50.7. The molecule has 1 aromatic heterocycles. The van der Waals surface area contributed by atoms with Crippen LogP contribution in [0, 0.1) is 0 Å². The van der Waals surface area contributed by atoms with Crippen molar-refractivity contribution in [2.45, 2.75) is 10.6 Å². The zero-order chi connectivity index (χ0) is 20.9. The summed E-state index contributed by atoms with van der Waals surface area (Å²) >= 11 is 6.67. The van der Waals surface area contributed by atoms with Crippen LogP contribution < -0.4 is 10.5 Å². The molecule has 0 bridgehead atoms. The fourth-order valence-electron chi connectivity index (χ4n) is 3.80. The Morgan fingerprint density at radius 1 is 1.10 bits per heavy atom. The molecule has 0 saturated carbocycles. The number of nitrogens with one attached hydrogen (secondary N) is 2. The van der Waals surface area contributed by atoms with Gasteiger partial charge in [-0.15, -0.1) is 0 Å². The number of nitrogens with zero attached hydrogens (tertiary/aromatic N) is 1. The van der Waals surface area contributed by atoms with E-state index in [0.29, 0.717) is 37.3 Å². The third-order valence-electron chi connectivity index (χ3n) is 5.26. The number of piperazine rings is 1. The van der Waals surface area contributed by atoms with E-state index in [1.807, 2.05) is 12.1 Å².